The lowest BCUT2D eigenvalue weighted by Crippen LogP contribution is -1.92. The first-order valence-electron chi connectivity index (χ1n) is 5.82. The predicted molar refractivity (Wildman–Crippen MR) is 72.8 cm³/mol. The molecule has 0 aliphatic heterocycles. The zero-order valence-electron chi connectivity index (χ0n) is 10.6. The van der Waals surface area contributed by atoms with Crippen molar-refractivity contribution in [3.8, 4) is 17.2 Å². The molecule has 0 amide bonds. The van der Waals surface area contributed by atoms with Gasteiger partial charge >= 0.3 is 0 Å². The van der Waals surface area contributed by atoms with Crippen LogP contribution in [0, 0.1) is 0 Å². The molecule has 2 aromatic carbocycles. The monoisotopic (exact) mass is 260 g/mol. The lowest BCUT2D eigenvalue weighted by atomic mass is 10.2. The van der Waals surface area contributed by atoms with Gasteiger partial charge in [0, 0.05) is 5.56 Å². The summed E-state index contributed by atoms with van der Waals surface area (Å²) in [6.45, 7) is 2.28. The Morgan fingerprint density at radius 3 is 2.26 bits per heavy atom. The molecule has 4 heteroatoms. The smallest absolute Gasteiger partial charge is 0.161 e. The summed E-state index contributed by atoms with van der Waals surface area (Å²) >= 11 is 0. The highest BCUT2D eigenvalue weighted by atomic mass is 16.5. The number of carbonyl (C=O) groups excluding carboxylic acids is 1. The van der Waals surface area contributed by atoms with Crippen LogP contribution in [0.5, 0.6) is 17.2 Å². The van der Waals surface area contributed by atoms with E-state index in [1.54, 1.807) is 24.3 Å². The van der Waals surface area contributed by atoms with Gasteiger partial charge < -0.3 is 14.9 Å². The SMILES string of the molecule is CCOc1cc(C=O)ccc1O.Oc1ccccc1. The maximum absolute atomic E-state index is 10.3. The van der Waals surface area contributed by atoms with Crippen LogP contribution in [0.3, 0.4) is 0 Å². The third kappa shape index (κ3) is 5.12. The fourth-order valence-corrected chi connectivity index (χ4v) is 1.30. The average Bonchev–Trinajstić information content (AvgIpc) is 2.43. The number of carbonyl (C=O) groups is 1. The number of ether oxygens (including phenoxy) is 1. The van der Waals surface area contributed by atoms with Crippen LogP contribution in [0.25, 0.3) is 0 Å². The predicted octanol–water partition coefficient (Wildman–Crippen LogP) is 3.00. The van der Waals surface area contributed by atoms with Gasteiger partial charge in [0.1, 0.15) is 12.0 Å². The second-order valence-corrected chi connectivity index (χ2v) is 3.61. The molecule has 0 bridgehead atoms. The van der Waals surface area contributed by atoms with E-state index in [0.29, 0.717) is 30.0 Å². The van der Waals surface area contributed by atoms with Crippen LogP contribution in [-0.4, -0.2) is 23.1 Å². The zero-order chi connectivity index (χ0) is 14.1. The van der Waals surface area contributed by atoms with Crippen molar-refractivity contribution >= 4 is 6.29 Å². The summed E-state index contributed by atoms with van der Waals surface area (Å²) in [5.41, 5.74) is 0.497. The van der Waals surface area contributed by atoms with Gasteiger partial charge in [-0.3, -0.25) is 4.79 Å². The maximum atomic E-state index is 10.3. The number of phenolic OH excluding ortho intramolecular Hbond substituents is 2. The molecule has 2 rings (SSSR count). The summed E-state index contributed by atoms with van der Waals surface area (Å²) in [5.74, 6) is 0.729. The molecule has 0 radical (unpaired) electrons. The van der Waals surface area contributed by atoms with E-state index in [2.05, 4.69) is 0 Å². The van der Waals surface area contributed by atoms with Crippen LogP contribution in [0.2, 0.25) is 0 Å². The molecule has 4 nitrogen and oxygen atoms in total. The number of rotatable bonds is 3. The third-order valence-electron chi connectivity index (χ3n) is 2.18. The van der Waals surface area contributed by atoms with Gasteiger partial charge in [-0.05, 0) is 37.3 Å². The summed E-state index contributed by atoms with van der Waals surface area (Å²) in [4.78, 5) is 10.3. The summed E-state index contributed by atoms with van der Waals surface area (Å²) in [7, 11) is 0. The molecule has 0 aliphatic rings. The second kappa shape index (κ2) is 7.76. The second-order valence-electron chi connectivity index (χ2n) is 3.61. The topological polar surface area (TPSA) is 66.8 Å². The maximum Gasteiger partial charge on any atom is 0.161 e. The molecule has 2 N–H and O–H groups in total. The first-order chi connectivity index (χ1) is 9.17. The highest BCUT2D eigenvalue weighted by Crippen LogP contribution is 2.25. The van der Waals surface area contributed by atoms with Crippen LogP contribution < -0.4 is 4.74 Å². The minimum Gasteiger partial charge on any atom is -0.508 e. The fraction of sp³-hybridized carbons (Fsp3) is 0.133. The highest BCUT2D eigenvalue weighted by Gasteiger charge is 2.01. The highest BCUT2D eigenvalue weighted by molar-refractivity contribution is 5.76. The van der Waals surface area contributed by atoms with Crippen LogP contribution >= 0.6 is 0 Å². The number of aldehydes is 1. The summed E-state index contributed by atoms with van der Waals surface area (Å²) in [6.07, 6.45) is 0.710. The normalized spacial score (nSPS) is 9.11. The van der Waals surface area contributed by atoms with E-state index in [4.69, 9.17) is 9.84 Å². The van der Waals surface area contributed by atoms with E-state index in [1.807, 2.05) is 13.0 Å². The Morgan fingerprint density at radius 2 is 1.79 bits per heavy atom. The van der Waals surface area contributed by atoms with Crippen LogP contribution in [0.15, 0.2) is 48.5 Å². The molecule has 0 fully saturated rings. The lowest BCUT2D eigenvalue weighted by molar-refractivity contribution is 0.112. The molecular weight excluding hydrogens is 244 g/mol. The van der Waals surface area contributed by atoms with Crippen molar-refractivity contribution in [3.63, 3.8) is 0 Å². The van der Waals surface area contributed by atoms with Crippen molar-refractivity contribution in [1.82, 2.24) is 0 Å². The standard InChI is InChI=1S/C9H10O3.C6H6O/c1-2-12-9-5-7(6-10)3-4-8(9)11;7-6-4-2-1-3-5-6/h3-6,11H,2H2,1H3;1-5,7H. The quantitative estimate of drug-likeness (QED) is 0.832. The first kappa shape index (κ1) is 14.6. The Bertz CT molecular complexity index is 509. The number of benzene rings is 2. The van der Waals surface area contributed by atoms with E-state index in [9.17, 15) is 9.90 Å². The molecule has 0 heterocycles. The summed E-state index contributed by atoms with van der Waals surface area (Å²) in [6, 6.07) is 13.2. The number of hydrogen-bond donors (Lipinski definition) is 2. The van der Waals surface area contributed by atoms with Crippen LogP contribution in [0.1, 0.15) is 17.3 Å². The average molecular weight is 260 g/mol. The van der Waals surface area contributed by atoms with Crippen LogP contribution in [0.4, 0.5) is 0 Å². The Morgan fingerprint density at radius 1 is 1.11 bits per heavy atom. The van der Waals surface area contributed by atoms with Gasteiger partial charge in [0.05, 0.1) is 6.61 Å². The van der Waals surface area contributed by atoms with Gasteiger partial charge in [-0.25, -0.2) is 0 Å². The van der Waals surface area contributed by atoms with Gasteiger partial charge in [0.25, 0.3) is 0 Å². The number of aromatic hydroxyl groups is 2. The Kier molecular flexibility index (Phi) is 5.95. The third-order valence-corrected chi connectivity index (χ3v) is 2.18. The Labute approximate surface area is 111 Å². The Balaban J connectivity index is 0.000000218. The van der Waals surface area contributed by atoms with Gasteiger partial charge in [-0.15, -0.1) is 0 Å². The number of phenols is 2. The molecule has 0 aromatic heterocycles. The Hall–Kier alpha value is -2.49. The van der Waals surface area contributed by atoms with Crippen molar-refractivity contribution in [2.45, 2.75) is 6.92 Å². The molecule has 0 unspecified atom stereocenters. The van der Waals surface area contributed by atoms with E-state index >= 15 is 0 Å². The number of hydrogen-bond acceptors (Lipinski definition) is 4. The van der Waals surface area contributed by atoms with Gasteiger partial charge in [0.15, 0.2) is 11.5 Å². The van der Waals surface area contributed by atoms with Crippen LogP contribution in [-0.2, 0) is 0 Å². The lowest BCUT2D eigenvalue weighted by Gasteiger charge is -2.04. The zero-order valence-corrected chi connectivity index (χ0v) is 10.6. The first-order valence-corrected chi connectivity index (χ1v) is 5.82. The van der Waals surface area contributed by atoms with E-state index in [0.717, 1.165) is 0 Å². The van der Waals surface area contributed by atoms with Gasteiger partial charge in [0.2, 0.25) is 0 Å². The van der Waals surface area contributed by atoms with Crippen molar-refractivity contribution in [2.75, 3.05) is 6.61 Å². The van der Waals surface area contributed by atoms with Crippen molar-refractivity contribution < 1.29 is 19.7 Å². The van der Waals surface area contributed by atoms with E-state index in [1.165, 1.54) is 18.2 Å². The molecule has 0 spiro atoms. The molecule has 100 valence electrons. The molecular formula is C15H16O4. The van der Waals surface area contributed by atoms with E-state index in [-0.39, 0.29) is 5.75 Å². The molecule has 19 heavy (non-hydrogen) atoms. The minimum atomic E-state index is 0.0578. The largest absolute Gasteiger partial charge is 0.508 e. The molecule has 0 saturated carbocycles. The summed E-state index contributed by atoms with van der Waals surface area (Å²) in [5, 5.41) is 17.9. The van der Waals surface area contributed by atoms with Gasteiger partial charge in [-0.1, -0.05) is 18.2 Å². The number of para-hydroxylation sites is 1. The molecule has 0 atom stereocenters. The van der Waals surface area contributed by atoms with E-state index < -0.39 is 0 Å². The molecule has 0 saturated heterocycles. The van der Waals surface area contributed by atoms with Crippen molar-refractivity contribution in [2.24, 2.45) is 0 Å². The van der Waals surface area contributed by atoms with Crippen molar-refractivity contribution in [3.05, 3.63) is 54.1 Å². The molecule has 0 aliphatic carbocycles. The van der Waals surface area contributed by atoms with Gasteiger partial charge in [-0.2, -0.15) is 0 Å². The minimum absolute atomic E-state index is 0.0578. The summed E-state index contributed by atoms with van der Waals surface area (Å²) < 4.78 is 5.07. The fourth-order valence-electron chi connectivity index (χ4n) is 1.30. The van der Waals surface area contributed by atoms with Crippen molar-refractivity contribution in [1.29, 1.82) is 0 Å². The molecule has 2 aromatic rings.